The summed E-state index contributed by atoms with van der Waals surface area (Å²) in [6, 6.07) is 13.9. The number of nitrogens with zero attached hydrogens (tertiary/aromatic N) is 1. The van der Waals surface area contributed by atoms with Crippen LogP contribution in [0.1, 0.15) is 17.5 Å². The molecule has 0 saturated heterocycles. The Bertz CT molecular complexity index is 808. The summed E-state index contributed by atoms with van der Waals surface area (Å²) in [6.45, 7) is 4.10. The molecular formula is C18H19N3OS. The highest BCUT2D eigenvalue weighted by Gasteiger charge is 2.06. The number of imidazole rings is 1. The first kappa shape index (κ1) is 15.6. The van der Waals surface area contributed by atoms with Crippen molar-refractivity contribution in [3.05, 3.63) is 53.6 Å². The number of nitrogens with one attached hydrogen (secondary N) is 2. The van der Waals surface area contributed by atoms with Crippen LogP contribution in [0.25, 0.3) is 11.0 Å². The van der Waals surface area contributed by atoms with Crippen LogP contribution in [-0.4, -0.2) is 21.6 Å². The molecule has 0 spiro atoms. The van der Waals surface area contributed by atoms with Crippen LogP contribution in [0.15, 0.2) is 47.6 Å². The molecule has 1 amide bonds. The van der Waals surface area contributed by atoms with Crippen molar-refractivity contribution in [3.8, 4) is 0 Å². The minimum atomic E-state index is 0.0249. The van der Waals surface area contributed by atoms with Gasteiger partial charge in [-0.2, -0.15) is 0 Å². The highest BCUT2D eigenvalue weighted by Crippen LogP contribution is 2.20. The number of hydrogen-bond donors (Lipinski definition) is 2. The van der Waals surface area contributed by atoms with Crippen molar-refractivity contribution in [1.29, 1.82) is 0 Å². The maximum absolute atomic E-state index is 12.0. The monoisotopic (exact) mass is 325 g/mol. The number of thioether (sulfide) groups is 1. The SMILES string of the molecule is Cc1ccc(NC(=O)CCSc2nc3ccccc3[nH]2)cc1C. The smallest absolute Gasteiger partial charge is 0.225 e. The van der Waals surface area contributed by atoms with Gasteiger partial charge in [0.1, 0.15) is 0 Å². The largest absolute Gasteiger partial charge is 0.333 e. The second kappa shape index (κ2) is 6.87. The zero-order valence-corrected chi connectivity index (χ0v) is 14.0. The third kappa shape index (κ3) is 3.93. The van der Waals surface area contributed by atoms with E-state index in [4.69, 9.17) is 0 Å². The van der Waals surface area contributed by atoms with Crippen molar-refractivity contribution in [1.82, 2.24) is 9.97 Å². The number of aromatic nitrogens is 2. The van der Waals surface area contributed by atoms with Gasteiger partial charge in [-0.25, -0.2) is 4.98 Å². The maximum atomic E-state index is 12.0. The number of aryl methyl sites for hydroxylation is 2. The summed E-state index contributed by atoms with van der Waals surface area (Å²) in [7, 11) is 0. The molecular weight excluding hydrogens is 306 g/mol. The number of amides is 1. The van der Waals surface area contributed by atoms with Gasteiger partial charge in [0.2, 0.25) is 5.91 Å². The Balaban J connectivity index is 1.51. The molecule has 1 heterocycles. The number of hydrogen-bond acceptors (Lipinski definition) is 3. The molecule has 5 heteroatoms. The normalized spacial score (nSPS) is 10.9. The van der Waals surface area contributed by atoms with E-state index < -0.39 is 0 Å². The van der Waals surface area contributed by atoms with E-state index in [0.29, 0.717) is 12.2 Å². The lowest BCUT2D eigenvalue weighted by molar-refractivity contribution is -0.115. The van der Waals surface area contributed by atoms with E-state index in [2.05, 4.69) is 22.2 Å². The zero-order chi connectivity index (χ0) is 16.2. The van der Waals surface area contributed by atoms with Crippen LogP contribution >= 0.6 is 11.8 Å². The summed E-state index contributed by atoms with van der Waals surface area (Å²) in [5.41, 5.74) is 5.24. The van der Waals surface area contributed by atoms with Crippen LogP contribution in [0.3, 0.4) is 0 Å². The fourth-order valence-corrected chi connectivity index (χ4v) is 3.11. The van der Waals surface area contributed by atoms with Gasteiger partial charge in [-0.05, 0) is 49.2 Å². The minimum absolute atomic E-state index is 0.0249. The lowest BCUT2D eigenvalue weighted by Crippen LogP contribution is -2.12. The predicted octanol–water partition coefficient (Wildman–Crippen LogP) is 4.30. The molecule has 3 rings (SSSR count). The van der Waals surface area contributed by atoms with E-state index in [1.54, 1.807) is 11.8 Å². The number of anilines is 1. The molecule has 23 heavy (non-hydrogen) atoms. The van der Waals surface area contributed by atoms with Crippen molar-refractivity contribution < 1.29 is 4.79 Å². The summed E-state index contributed by atoms with van der Waals surface area (Å²) in [5, 5.41) is 3.79. The summed E-state index contributed by atoms with van der Waals surface area (Å²) in [5.74, 6) is 0.716. The molecule has 0 saturated carbocycles. The van der Waals surface area contributed by atoms with E-state index in [0.717, 1.165) is 21.9 Å². The fraction of sp³-hybridized carbons (Fsp3) is 0.222. The second-order valence-corrected chi connectivity index (χ2v) is 6.59. The van der Waals surface area contributed by atoms with Crippen LogP contribution in [0.2, 0.25) is 0 Å². The molecule has 0 aliphatic carbocycles. The van der Waals surface area contributed by atoms with Gasteiger partial charge in [-0.15, -0.1) is 0 Å². The molecule has 0 radical (unpaired) electrons. The predicted molar refractivity (Wildman–Crippen MR) is 96.0 cm³/mol. The third-order valence-corrected chi connectivity index (χ3v) is 4.60. The summed E-state index contributed by atoms with van der Waals surface area (Å²) in [4.78, 5) is 19.8. The molecule has 0 unspecified atom stereocenters. The van der Waals surface area contributed by atoms with Gasteiger partial charge in [-0.1, -0.05) is 30.0 Å². The Morgan fingerprint density at radius 3 is 2.78 bits per heavy atom. The number of para-hydroxylation sites is 2. The maximum Gasteiger partial charge on any atom is 0.225 e. The van der Waals surface area contributed by atoms with Crippen LogP contribution in [-0.2, 0) is 4.79 Å². The number of aromatic amines is 1. The Kier molecular flexibility index (Phi) is 4.67. The van der Waals surface area contributed by atoms with Crippen LogP contribution in [0, 0.1) is 13.8 Å². The number of carbonyl (C=O) groups is 1. The molecule has 1 aromatic heterocycles. The summed E-state index contributed by atoms with van der Waals surface area (Å²) in [6.07, 6.45) is 0.453. The first-order valence-electron chi connectivity index (χ1n) is 7.56. The Hall–Kier alpha value is -2.27. The van der Waals surface area contributed by atoms with Gasteiger partial charge in [0.15, 0.2) is 5.16 Å². The van der Waals surface area contributed by atoms with Crippen molar-refractivity contribution in [2.75, 3.05) is 11.1 Å². The van der Waals surface area contributed by atoms with E-state index in [1.165, 1.54) is 11.1 Å². The number of benzene rings is 2. The number of H-pyrrole nitrogens is 1. The van der Waals surface area contributed by atoms with Gasteiger partial charge < -0.3 is 10.3 Å². The Morgan fingerprint density at radius 2 is 2.00 bits per heavy atom. The van der Waals surface area contributed by atoms with Crippen LogP contribution in [0.5, 0.6) is 0 Å². The second-order valence-electron chi connectivity index (χ2n) is 5.50. The quantitative estimate of drug-likeness (QED) is 0.688. The van der Waals surface area contributed by atoms with Crippen LogP contribution < -0.4 is 5.32 Å². The lowest BCUT2D eigenvalue weighted by Gasteiger charge is -2.07. The Morgan fingerprint density at radius 1 is 1.17 bits per heavy atom. The van der Waals surface area contributed by atoms with Gasteiger partial charge in [0.05, 0.1) is 11.0 Å². The first-order chi connectivity index (χ1) is 11.1. The van der Waals surface area contributed by atoms with E-state index >= 15 is 0 Å². The minimum Gasteiger partial charge on any atom is -0.333 e. The van der Waals surface area contributed by atoms with E-state index in [1.807, 2.05) is 49.4 Å². The van der Waals surface area contributed by atoms with E-state index in [9.17, 15) is 4.79 Å². The number of fused-ring (bicyclic) bond motifs is 1. The van der Waals surface area contributed by atoms with Crippen molar-refractivity contribution >= 4 is 34.4 Å². The standard InChI is InChI=1S/C18H19N3OS/c1-12-7-8-14(11-13(12)2)19-17(22)9-10-23-18-20-15-5-3-4-6-16(15)21-18/h3-8,11H,9-10H2,1-2H3,(H,19,22)(H,20,21). The van der Waals surface area contributed by atoms with Gasteiger partial charge >= 0.3 is 0 Å². The molecule has 2 N–H and O–H groups in total. The average molecular weight is 325 g/mol. The summed E-state index contributed by atoms with van der Waals surface area (Å²) < 4.78 is 0. The molecule has 2 aromatic carbocycles. The molecule has 0 fully saturated rings. The number of carbonyl (C=O) groups excluding carboxylic acids is 1. The third-order valence-electron chi connectivity index (χ3n) is 3.73. The van der Waals surface area contributed by atoms with Crippen molar-refractivity contribution in [2.24, 2.45) is 0 Å². The number of rotatable bonds is 5. The molecule has 4 nitrogen and oxygen atoms in total. The lowest BCUT2D eigenvalue weighted by atomic mass is 10.1. The average Bonchev–Trinajstić information content (AvgIpc) is 2.93. The van der Waals surface area contributed by atoms with Crippen molar-refractivity contribution in [2.45, 2.75) is 25.4 Å². The highest BCUT2D eigenvalue weighted by molar-refractivity contribution is 7.99. The van der Waals surface area contributed by atoms with Gasteiger partial charge in [0, 0.05) is 17.9 Å². The van der Waals surface area contributed by atoms with Crippen molar-refractivity contribution in [3.63, 3.8) is 0 Å². The fourth-order valence-electron chi connectivity index (χ4n) is 2.28. The zero-order valence-electron chi connectivity index (χ0n) is 13.2. The topological polar surface area (TPSA) is 57.8 Å². The van der Waals surface area contributed by atoms with Gasteiger partial charge in [0.25, 0.3) is 0 Å². The highest BCUT2D eigenvalue weighted by atomic mass is 32.2. The van der Waals surface area contributed by atoms with Gasteiger partial charge in [-0.3, -0.25) is 4.79 Å². The molecule has 0 aliphatic heterocycles. The van der Waals surface area contributed by atoms with Crippen LogP contribution in [0.4, 0.5) is 5.69 Å². The Labute approximate surface area is 139 Å². The van der Waals surface area contributed by atoms with E-state index in [-0.39, 0.29) is 5.91 Å². The summed E-state index contributed by atoms with van der Waals surface area (Å²) >= 11 is 1.56. The molecule has 0 aliphatic rings. The molecule has 118 valence electrons. The molecule has 0 atom stereocenters. The molecule has 0 bridgehead atoms. The molecule has 3 aromatic rings. The first-order valence-corrected chi connectivity index (χ1v) is 8.55.